The first-order chi connectivity index (χ1) is 9.65. The Morgan fingerprint density at radius 2 is 2.10 bits per heavy atom. The summed E-state index contributed by atoms with van der Waals surface area (Å²) < 4.78 is 3.64. The molecule has 0 amide bonds. The van der Waals surface area contributed by atoms with Gasteiger partial charge in [-0.05, 0) is 26.8 Å². The van der Waals surface area contributed by atoms with Crippen molar-refractivity contribution in [3.8, 4) is 0 Å². The number of hydrogen-bond acceptors (Lipinski definition) is 5. The lowest BCUT2D eigenvalue weighted by molar-refractivity contribution is 0.442. The second-order valence-electron chi connectivity index (χ2n) is 4.91. The van der Waals surface area contributed by atoms with Gasteiger partial charge in [-0.25, -0.2) is 4.98 Å². The minimum absolute atomic E-state index is 0.184. The van der Waals surface area contributed by atoms with Gasteiger partial charge in [0.15, 0.2) is 0 Å². The van der Waals surface area contributed by atoms with E-state index in [0.29, 0.717) is 5.78 Å². The Balaban J connectivity index is 1.87. The SMILES string of the molecule is Cc1cc(N[C@@H](C)[C@H](C)n2cccn2)n2ncnc2n1. The molecule has 0 bridgehead atoms. The predicted molar refractivity (Wildman–Crippen MR) is 75.5 cm³/mol. The second kappa shape index (κ2) is 4.92. The molecule has 0 radical (unpaired) electrons. The van der Waals surface area contributed by atoms with Gasteiger partial charge in [0.1, 0.15) is 12.1 Å². The number of aryl methyl sites for hydroxylation is 1. The minimum Gasteiger partial charge on any atom is -0.365 e. The Labute approximate surface area is 116 Å². The van der Waals surface area contributed by atoms with Gasteiger partial charge in [-0.2, -0.15) is 19.7 Å². The molecule has 0 saturated carbocycles. The van der Waals surface area contributed by atoms with Gasteiger partial charge in [-0.3, -0.25) is 4.68 Å². The summed E-state index contributed by atoms with van der Waals surface area (Å²) in [7, 11) is 0. The van der Waals surface area contributed by atoms with Crippen LogP contribution in [0.4, 0.5) is 5.82 Å². The fourth-order valence-electron chi connectivity index (χ4n) is 2.14. The minimum atomic E-state index is 0.184. The molecule has 0 saturated heterocycles. The number of nitrogens with one attached hydrogen (secondary N) is 1. The molecular formula is C13H17N7. The fourth-order valence-corrected chi connectivity index (χ4v) is 2.14. The zero-order valence-corrected chi connectivity index (χ0v) is 11.7. The van der Waals surface area contributed by atoms with Crippen LogP contribution in [0.5, 0.6) is 0 Å². The summed E-state index contributed by atoms with van der Waals surface area (Å²) in [5.74, 6) is 1.49. The van der Waals surface area contributed by atoms with E-state index < -0.39 is 0 Å². The first-order valence-corrected chi connectivity index (χ1v) is 6.58. The van der Waals surface area contributed by atoms with Crippen LogP contribution in [-0.4, -0.2) is 35.4 Å². The third-order valence-corrected chi connectivity index (χ3v) is 3.42. The third-order valence-electron chi connectivity index (χ3n) is 3.42. The maximum atomic E-state index is 4.33. The average Bonchev–Trinajstić information content (AvgIpc) is 3.08. The lowest BCUT2D eigenvalue weighted by atomic mass is 10.2. The van der Waals surface area contributed by atoms with E-state index in [4.69, 9.17) is 0 Å². The molecule has 104 valence electrons. The first-order valence-electron chi connectivity index (χ1n) is 6.58. The molecule has 7 nitrogen and oxygen atoms in total. The van der Waals surface area contributed by atoms with E-state index in [9.17, 15) is 0 Å². The van der Waals surface area contributed by atoms with E-state index in [1.165, 1.54) is 6.33 Å². The van der Waals surface area contributed by atoms with Crippen molar-refractivity contribution in [2.24, 2.45) is 0 Å². The van der Waals surface area contributed by atoms with Crippen LogP contribution in [0.1, 0.15) is 25.6 Å². The summed E-state index contributed by atoms with van der Waals surface area (Å²) in [4.78, 5) is 8.46. The highest BCUT2D eigenvalue weighted by atomic mass is 15.4. The maximum Gasteiger partial charge on any atom is 0.254 e. The smallest absolute Gasteiger partial charge is 0.254 e. The second-order valence-corrected chi connectivity index (χ2v) is 4.91. The fraction of sp³-hybridized carbons (Fsp3) is 0.385. The van der Waals surface area contributed by atoms with Crippen LogP contribution >= 0.6 is 0 Å². The van der Waals surface area contributed by atoms with Crippen molar-refractivity contribution in [3.05, 3.63) is 36.5 Å². The molecule has 0 aromatic carbocycles. The Kier molecular flexibility index (Phi) is 3.09. The molecule has 20 heavy (non-hydrogen) atoms. The molecule has 0 aliphatic heterocycles. The number of fused-ring (bicyclic) bond motifs is 1. The number of hydrogen-bond donors (Lipinski definition) is 1. The normalized spacial score (nSPS) is 14.3. The van der Waals surface area contributed by atoms with Crippen molar-refractivity contribution in [2.45, 2.75) is 32.9 Å². The molecule has 0 aliphatic rings. The van der Waals surface area contributed by atoms with Crippen molar-refractivity contribution in [1.29, 1.82) is 0 Å². The Bertz CT molecular complexity index is 701. The standard InChI is InChI=1S/C13H17N7/c1-9-7-12(20-13(17-9)14-8-16-20)18-10(2)11(3)19-6-4-5-15-19/h4-8,10-11,18H,1-3H3/t10-,11-/m0/s1. The molecule has 0 aliphatic carbocycles. The average molecular weight is 271 g/mol. The van der Waals surface area contributed by atoms with E-state index in [1.54, 1.807) is 10.7 Å². The Hall–Kier alpha value is -2.44. The molecule has 3 aromatic heterocycles. The number of nitrogens with zero attached hydrogens (tertiary/aromatic N) is 6. The van der Waals surface area contributed by atoms with E-state index in [0.717, 1.165) is 11.5 Å². The van der Waals surface area contributed by atoms with Gasteiger partial charge >= 0.3 is 0 Å². The molecule has 0 unspecified atom stereocenters. The number of aromatic nitrogens is 6. The quantitative estimate of drug-likeness (QED) is 0.781. The van der Waals surface area contributed by atoms with Crippen LogP contribution in [-0.2, 0) is 0 Å². The molecular weight excluding hydrogens is 254 g/mol. The predicted octanol–water partition coefficient (Wildman–Crippen LogP) is 1.69. The maximum absolute atomic E-state index is 4.33. The van der Waals surface area contributed by atoms with Gasteiger partial charge in [0.05, 0.1) is 6.04 Å². The first kappa shape index (κ1) is 12.6. The summed E-state index contributed by atoms with van der Waals surface area (Å²) in [5, 5.41) is 11.9. The van der Waals surface area contributed by atoms with Crippen LogP contribution in [0.15, 0.2) is 30.9 Å². The Morgan fingerprint density at radius 3 is 2.85 bits per heavy atom. The number of anilines is 1. The monoisotopic (exact) mass is 271 g/mol. The van der Waals surface area contributed by atoms with E-state index in [-0.39, 0.29) is 12.1 Å². The van der Waals surface area contributed by atoms with Gasteiger partial charge in [-0.1, -0.05) is 0 Å². The molecule has 3 aromatic rings. The van der Waals surface area contributed by atoms with Gasteiger partial charge in [-0.15, -0.1) is 0 Å². The highest BCUT2D eigenvalue weighted by Crippen LogP contribution is 2.16. The summed E-state index contributed by atoms with van der Waals surface area (Å²) in [5.41, 5.74) is 0.909. The highest BCUT2D eigenvalue weighted by molar-refractivity contribution is 5.45. The van der Waals surface area contributed by atoms with Crippen LogP contribution in [0.3, 0.4) is 0 Å². The van der Waals surface area contributed by atoms with Crippen molar-refractivity contribution >= 4 is 11.6 Å². The lowest BCUT2D eigenvalue weighted by Gasteiger charge is -2.23. The highest BCUT2D eigenvalue weighted by Gasteiger charge is 2.16. The molecule has 0 spiro atoms. The summed E-state index contributed by atoms with van der Waals surface area (Å²) in [6, 6.07) is 4.30. The number of rotatable bonds is 4. The van der Waals surface area contributed by atoms with E-state index in [2.05, 4.69) is 39.3 Å². The topological polar surface area (TPSA) is 72.9 Å². The van der Waals surface area contributed by atoms with E-state index >= 15 is 0 Å². The van der Waals surface area contributed by atoms with Gasteiger partial charge in [0.2, 0.25) is 0 Å². The molecule has 0 fully saturated rings. The molecule has 2 atom stereocenters. The van der Waals surface area contributed by atoms with Crippen LogP contribution in [0.25, 0.3) is 5.78 Å². The zero-order chi connectivity index (χ0) is 14.1. The van der Waals surface area contributed by atoms with Crippen LogP contribution < -0.4 is 5.32 Å². The van der Waals surface area contributed by atoms with E-state index in [1.807, 2.05) is 29.9 Å². The van der Waals surface area contributed by atoms with Crippen molar-refractivity contribution in [2.75, 3.05) is 5.32 Å². The lowest BCUT2D eigenvalue weighted by Crippen LogP contribution is -2.28. The van der Waals surface area contributed by atoms with Crippen LogP contribution in [0, 0.1) is 6.92 Å². The van der Waals surface area contributed by atoms with Gasteiger partial charge < -0.3 is 5.32 Å². The molecule has 1 N–H and O–H groups in total. The van der Waals surface area contributed by atoms with Gasteiger partial charge in [0, 0.05) is 30.2 Å². The zero-order valence-electron chi connectivity index (χ0n) is 11.7. The van der Waals surface area contributed by atoms with Crippen molar-refractivity contribution < 1.29 is 0 Å². The van der Waals surface area contributed by atoms with Crippen molar-refractivity contribution in [3.63, 3.8) is 0 Å². The molecule has 3 rings (SSSR count). The van der Waals surface area contributed by atoms with Gasteiger partial charge in [0.25, 0.3) is 5.78 Å². The van der Waals surface area contributed by atoms with Crippen molar-refractivity contribution in [1.82, 2.24) is 29.4 Å². The molecule has 7 heteroatoms. The summed E-state index contributed by atoms with van der Waals surface area (Å²) >= 11 is 0. The largest absolute Gasteiger partial charge is 0.365 e. The summed E-state index contributed by atoms with van der Waals surface area (Å²) in [6.07, 6.45) is 5.26. The third kappa shape index (κ3) is 2.22. The van der Waals surface area contributed by atoms with Crippen LogP contribution in [0.2, 0.25) is 0 Å². The Morgan fingerprint density at radius 1 is 1.25 bits per heavy atom. The summed E-state index contributed by atoms with van der Waals surface area (Å²) in [6.45, 7) is 6.18. The molecule has 3 heterocycles.